The Hall–Kier alpha value is -1.94. The van der Waals surface area contributed by atoms with Crippen molar-refractivity contribution < 1.29 is 13.9 Å². The predicted octanol–water partition coefficient (Wildman–Crippen LogP) is 4.67. The Morgan fingerprint density at radius 2 is 1.76 bits per heavy atom. The molecule has 0 aliphatic heterocycles. The highest BCUT2D eigenvalue weighted by atomic mass is 35.5. The molecule has 1 unspecified atom stereocenters. The first kappa shape index (κ1) is 15.4. The van der Waals surface area contributed by atoms with Crippen LogP contribution in [-0.4, -0.2) is 14.2 Å². The van der Waals surface area contributed by atoms with Crippen molar-refractivity contribution in [3.05, 3.63) is 52.8 Å². The first-order valence-corrected chi connectivity index (χ1v) is 6.86. The summed E-state index contributed by atoms with van der Waals surface area (Å²) in [5.74, 6) is 0.948. The third kappa shape index (κ3) is 3.58. The van der Waals surface area contributed by atoms with Crippen LogP contribution in [0.25, 0.3) is 0 Å². The Balaban J connectivity index is 2.24. The number of benzene rings is 2. The second kappa shape index (κ2) is 6.68. The van der Waals surface area contributed by atoms with Crippen LogP contribution in [0.2, 0.25) is 5.02 Å². The molecule has 0 radical (unpaired) electrons. The maximum absolute atomic E-state index is 13.7. The van der Waals surface area contributed by atoms with Crippen LogP contribution in [0.15, 0.2) is 36.4 Å². The summed E-state index contributed by atoms with van der Waals surface area (Å²) in [7, 11) is 3.16. The molecule has 0 saturated heterocycles. The molecular weight excluding hydrogens is 293 g/mol. The molecular formula is C16H17ClFNO2. The van der Waals surface area contributed by atoms with Gasteiger partial charge in [0.1, 0.15) is 5.82 Å². The average molecular weight is 310 g/mol. The summed E-state index contributed by atoms with van der Waals surface area (Å²) in [6, 6.07) is 9.89. The summed E-state index contributed by atoms with van der Waals surface area (Å²) < 4.78 is 24.2. The summed E-state index contributed by atoms with van der Waals surface area (Å²) in [6.07, 6.45) is 0. The van der Waals surface area contributed by atoms with Gasteiger partial charge in [-0.25, -0.2) is 4.39 Å². The Morgan fingerprint density at radius 1 is 1.05 bits per heavy atom. The van der Waals surface area contributed by atoms with Crippen molar-refractivity contribution in [3.63, 3.8) is 0 Å². The van der Waals surface area contributed by atoms with E-state index in [1.165, 1.54) is 12.1 Å². The maximum atomic E-state index is 13.7. The molecule has 0 aliphatic carbocycles. The topological polar surface area (TPSA) is 30.5 Å². The molecule has 21 heavy (non-hydrogen) atoms. The number of methoxy groups -OCH3 is 2. The molecule has 5 heteroatoms. The van der Waals surface area contributed by atoms with E-state index < -0.39 is 0 Å². The van der Waals surface area contributed by atoms with E-state index in [9.17, 15) is 4.39 Å². The van der Waals surface area contributed by atoms with Crippen LogP contribution in [0.5, 0.6) is 11.5 Å². The number of halogens is 2. The van der Waals surface area contributed by atoms with Crippen LogP contribution >= 0.6 is 11.6 Å². The zero-order valence-electron chi connectivity index (χ0n) is 12.1. The molecule has 2 aromatic carbocycles. The summed E-state index contributed by atoms with van der Waals surface area (Å²) in [4.78, 5) is 0. The fourth-order valence-corrected chi connectivity index (χ4v) is 2.22. The number of ether oxygens (including phenoxy) is 2. The zero-order chi connectivity index (χ0) is 15.4. The minimum Gasteiger partial charge on any atom is -0.493 e. The molecule has 2 rings (SSSR count). The molecule has 1 atom stereocenters. The lowest BCUT2D eigenvalue weighted by atomic mass is 10.1. The molecule has 2 aromatic rings. The van der Waals surface area contributed by atoms with Crippen molar-refractivity contribution in [3.8, 4) is 11.5 Å². The van der Waals surface area contributed by atoms with E-state index in [-0.39, 0.29) is 11.9 Å². The van der Waals surface area contributed by atoms with Gasteiger partial charge in [-0.05, 0) is 42.8 Å². The SMILES string of the molecule is COc1ccc(C(C)Nc2cc(Cl)ccc2F)cc1OC. The highest BCUT2D eigenvalue weighted by Gasteiger charge is 2.12. The normalized spacial score (nSPS) is 11.9. The van der Waals surface area contributed by atoms with Crippen LogP contribution in [0.1, 0.15) is 18.5 Å². The number of rotatable bonds is 5. The molecule has 0 amide bonds. The summed E-state index contributed by atoms with van der Waals surface area (Å²) in [5.41, 5.74) is 1.32. The Morgan fingerprint density at radius 3 is 2.43 bits per heavy atom. The second-order valence-corrected chi connectivity index (χ2v) is 5.04. The summed E-state index contributed by atoms with van der Waals surface area (Å²) in [5, 5.41) is 3.58. The Labute approximate surface area is 128 Å². The largest absolute Gasteiger partial charge is 0.493 e. The Kier molecular flexibility index (Phi) is 4.91. The van der Waals surface area contributed by atoms with Gasteiger partial charge in [-0.15, -0.1) is 0 Å². The van der Waals surface area contributed by atoms with Crippen molar-refractivity contribution in [2.75, 3.05) is 19.5 Å². The van der Waals surface area contributed by atoms with Gasteiger partial charge in [0.05, 0.1) is 19.9 Å². The molecule has 0 heterocycles. The number of nitrogens with one attached hydrogen (secondary N) is 1. The van der Waals surface area contributed by atoms with E-state index in [0.29, 0.717) is 22.2 Å². The van der Waals surface area contributed by atoms with E-state index >= 15 is 0 Å². The number of hydrogen-bond donors (Lipinski definition) is 1. The van der Waals surface area contributed by atoms with Gasteiger partial charge in [0.25, 0.3) is 0 Å². The van der Waals surface area contributed by atoms with E-state index in [4.69, 9.17) is 21.1 Å². The minimum absolute atomic E-state index is 0.113. The molecule has 0 fully saturated rings. The van der Waals surface area contributed by atoms with Crippen molar-refractivity contribution in [2.45, 2.75) is 13.0 Å². The van der Waals surface area contributed by atoms with E-state index in [1.54, 1.807) is 20.3 Å². The molecule has 0 bridgehead atoms. The van der Waals surface area contributed by atoms with Gasteiger partial charge in [-0.2, -0.15) is 0 Å². The van der Waals surface area contributed by atoms with Gasteiger partial charge in [0.2, 0.25) is 0 Å². The van der Waals surface area contributed by atoms with Gasteiger partial charge in [0.15, 0.2) is 11.5 Å². The number of hydrogen-bond acceptors (Lipinski definition) is 3. The van der Waals surface area contributed by atoms with Gasteiger partial charge in [-0.1, -0.05) is 17.7 Å². The van der Waals surface area contributed by atoms with Crippen LogP contribution in [0, 0.1) is 5.82 Å². The zero-order valence-corrected chi connectivity index (χ0v) is 12.9. The molecule has 0 aliphatic rings. The smallest absolute Gasteiger partial charge is 0.161 e. The van der Waals surface area contributed by atoms with Crippen molar-refractivity contribution in [1.29, 1.82) is 0 Å². The van der Waals surface area contributed by atoms with E-state index in [0.717, 1.165) is 5.56 Å². The van der Waals surface area contributed by atoms with Crippen LogP contribution < -0.4 is 14.8 Å². The van der Waals surface area contributed by atoms with Gasteiger partial charge in [-0.3, -0.25) is 0 Å². The van der Waals surface area contributed by atoms with Crippen molar-refractivity contribution in [2.24, 2.45) is 0 Å². The fraction of sp³-hybridized carbons (Fsp3) is 0.250. The fourth-order valence-electron chi connectivity index (χ4n) is 2.05. The molecule has 0 aromatic heterocycles. The average Bonchev–Trinajstić information content (AvgIpc) is 2.50. The first-order valence-electron chi connectivity index (χ1n) is 6.48. The third-order valence-corrected chi connectivity index (χ3v) is 3.44. The van der Waals surface area contributed by atoms with Crippen molar-refractivity contribution in [1.82, 2.24) is 0 Å². The van der Waals surface area contributed by atoms with Crippen LogP contribution in [0.3, 0.4) is 0 Å². The third-order valence-electron chi connectivity index (χ3n) is 3.21. The number of anilines is 1. The van der Waals surface area contributed by atoms with Crippen LogP contribution in [-0.2, 0) is 0 Å². The van der Waals surface area contributed by atoms with Gasteiger partial charge in [0, 0.05) is 11.1 Å². The lowest BCUT2D eigenvalue weighted by molar-refractivity contribution is 0.354. The Bertz CT molecular complexity index is 634. The maximum Gasteiger partial charge on any atom is 0.161 e. The highest BCUT2D eigenvalue weighted by Crippen LogP contribution is 2.31. The molecule has 112 valence electrons. The second-order valence-electron chi connectivity index (χ2n) is 4.60. The molecule has 1 N–H and O–H groups in total. The van der Waals surface area contributed by atoms with Crippen molar-refractivity contribution >= 4 is 17.3 Å². The van der Waals surface area contributed by atoms with E-state index in [2.05, 4.69) is 5.32 Å². The molecule has 0 saturated carbocycles. The standard InChI is InChI=1S/C16H17ClFNO2/c1-10(19-14-9-12(17)5-6-13(14)18)11-4-7-15(20-2)16(8-11)21-3/h4-10,19H,1-3H3. The quantitative estimate of drug-likeness (QED) is 0.870. The first-order chi connectivity index (χ1) is 10.0. The van der Waals surface area contributed by atoms with E-state index in [1.807, 2.05) is 25.1 Å². The lowest BCUT2D eigenvalue weighted by Crippen LogP contribution is -2.08. The highest BCUT2D eigenvalue weighted by molar-refractivity contribution is 6.30. The van der Waals surface area contributed by atoms with Gasteiger partial charge < -0.3 is 14.8 Å². The monoisotopic (exact) mass is 309 g/mol. The lowest BCUT2D eigenvalue weighted by Gasteiger charge is -2.18. The van der Waals surface area contributed by atoms with Crippen LogP contribution in [0.4, 0.5) is 10.1 Å². The summed E-state index contributed by atoms with van der Waals surface area (Å²) >= 11 is 5.89. The summed E-state index contributed by atoms with van der Waals surface area (Å²) in [6.45, 7) is 1.93. The molecule has 3 nitrogen and oxygen atoms in total. The van der Waals surface area contributed by atoms with Gasteiger partial charge >= 0.3 is 0 Å². The predicted molar refractivity (Wildman–Crippen MR) is 83.0 cm³/mol. The molecule has 0 spiro atoms. The minimum atomic E-state index is -0.341.